The van der Waals surface area contributed by atoms with Gasteiger partial charge in [-0.15, -0.1) is 0 Å². The van der Waals surface area contributed by atoms with Crippen molar-refractivity contribution in [3.05, 3.63) is 53.6 Å². The lowest BCUT2D eigenvalue weighted by Gasteiger charge is -2.16. The summed E-state index contributed by atoms with van der Waals surface area (Å²) >= 11 is 5.80. The van der Waals surface area contributed by atoms with Crippen molar-refractivity contribution in [1.29, 1.82) is 0 Å². The number of halogens is 1. The maximum Gasteiger partial charge on any atom is 0.262 e. The normalized spacial score (nSPS) is 13.9. The molecule has 0 bridgehead atoms. The van der Waals surface area contributed by atoms with Crippen LogP contribution in [0.2, 0.25) is 5.02 Å². The highest BCUT2D eigenvalue weighted by molar-refractivity contribution is 6.30. The summed E-state index contributed by atoms with van der Waals surface area (Å²) in [7, 11) is 0. The third kappa shape index (κ3) is 4.06. The molecule has 3 rings (SSSR count). The van der Waals surface area contributed by atoms with Gasteiger partial charge >= 0.3 is 0 Å². The molecule has 24 heavy (non-hydrogen) atoms. The zero-order chi connectivity index (χ0) is 16.9. The Balaban J connectivity index is 1.51. The summed E-state index contributed by atoms with van der Waals surface area (Å²) in [5.74, 6) is 0.471. The summed E-state index contributed by atoms with van der Waals surface area (Å²) in [6, 6.07) is 14.0. The van der Waals surface area contributed by atoms with E-state index in [2.05, 4.69) is 5.32 Å². The Hall–Kier alpha value is -2.53. The van der Waals surface area contributed by atoms with Crippen molar-refractivity contribution in [2.75, 3.05) is 23.4 Å². The second-order valence-electron chi connectivity index (χ2n) is 5.49. The molecule has 6 heteroatoms. The molecular weight excluding hydrogens is 328 g/mol. The average Bonchev–Trinajstić information content (AvgIpc) is 3.02. The molecule has 5 nitrogen and oxygen atoms in total. The Kier molecular flexibility index (Phi) is 5.01. The van der Waals surface area contributed by atoms with Crippen molar-refractivity contribution in [1.82, 2.24) is 0 Å². The molecule has 0 unspecified atom stereocenters. The van der Waals surface area contributed by atoms with Gasteiger partial charge in [-0.05, 0) is 55.0 Å². The Bertz CT molecular complexity index is 729. The van der Waals surface area contributed by atoms with Crippen LogP contribution in [0.1, 0.15) is 12.8 Å². The Morgan fingerprint density at radius 1 is 1.12 bits per heavy atom. The van der Waals surface area contributed by atoms with Crippen molar-refractivity contribution >= 4 is 34.8 Å². The largest absolute Gasteiger partial charge is 0.484 e. The number of nitrogens with zero attached hydrogens (tertiary/aromatic N) is 1. The Morgan fingerprint density at radius 3 is 2.46 bits per heavy atom. The minimum absolute atomic E-state index is 0.0926. The molecule has 0 radical (unpaired) electrons. The van der Waals surface area contributed by atoms with Crippen LogP contribution in [-0.4, -0.2) is 25.0 Å². The van der Waals surface area contributed by atoms with Crippen molar-refractivity contribution in [2.24, 2.45) is 0 Å². The van der Waals surface area contributed by atoms with Crippen molar-refractivity contribution in [2.45, 2.75) is 12.8 Å². The molecule has 1 fully saturated rings. The molecule has 0 saturated carbocycles. The minimum atomic E-state index is -0.254. The summed E-state index contributed by atoms with van der Waals surface area (Å²) in [5, 5.41) is 3.34. The van der Waals surface area contributed by atoms with Gasteiger partial charge in [-0.25, -0.2) is 0 Å². The van der Waals surface area contributed by atoms with E-state index in [9.17, 15) is 9.59 Å². The smallest absolute Gasteiger partial charge is 0.262 e. The lowest BCUT2D eigenvalue weighted by Crippen LogP contribution is -2.23. The number of ether oxygens (including phenoxy) is 1. The summed E-state index contributed by atoms with van der Waals surface area (Å²) in [4.78, 5) is 25.3. The molecule has 0 spiro atoms. The summed E-state index contributed by atoms with van der Waals surface area (Å²) in [6.07, 6.45) is 1.49. The second kappa shape index (κ2) is 7.36. The van der Waals surface area contributed by atoms with E-state index in [-0.39, 0.29) is 18.4 Å². The molecule has 124 valence electrons. The van der Waals surface area contributed by atoms with Gasteiger partial charge in [0.05, 0.1) is 0 Å². The summed E-state index contributed by atoms with van der Waals surface area (Å²) in [5.41, 5.74) is 1.52. The fourth-order valence-electron chi connectivity index (χ4n) is 2.52. The highest BCUT2D eigenvalue weighted by Crippen LogP contribution is 2.23. The molecule has 1 aliphatic rings. The molecule has 2 aromatic rings. The van der Waals surface area contributed by atoms with Gasteiger partial charge in [-0.1, -0.05) is 11.6 Å². The fourth-order valence-corrected chi connectivity index (χ4v) is 2.65. The van der Waals surface area contributed by atoms with Crippen molar-refractivity contribution in [3.63, 3.8) is 0 Å². The third-order valence-electron chi connectivity index (χ3n) is 3.72. The van der Waals surface area contributed by atoms with E-state index in [1.807, 2.05) is 12.1 Å². The van der Waals surface area contributed by atoms with Gasteiger partial charge < -0.3 is 15.0 Å². The molecular formula is C18H17ClN2O3. The van der Waals surface area contributed by atoms with E-state index < -0.39 is 0 Å². The van der Waals surface area contributed by atoms with Crippen LogP contribution in [0.4, 0.5) is 11.4 Å². The van der Waals surface area contributed by atoms with Crippen LogP contribution < -0.4 is 15.0 Å². The first-order chi connectivity index (χ1) is 11.6. The monoisotopic (exact) mass is 344 g/mol. The van der Waals surface area contributed by atoms with Crippen LogP contribution in [0.15, 0.2) is 48.5 Å². The zero-order valence-corrected chi connectivity index (χ0v) is 13.8. The van der Waals surface area contributed by atoms with E-state index in [0.717, 1.165) is 18.7 Å². The molecule has 1 aliphatic heterocycles. The van der Waals surface area contributed by atoms with Gasteiger partial charge in [0.15, 0.2) is 6.61 Å². The molecule has 1 heterocycles. The first-order valence-electron chi connectivity index (χ1n) is 7.70. The number of nitrogens with one attached hydrogen (secondary N) is 1. The number of amides is 2. The van der Waals surface area contributed by atoms with Crippen LogP contribution in [0.5, 0.6) is 5.75 Å². The van der Waals surface area contributed by atoms with E-state index in [4.69, 9.17) is 16.3 Å². The first-order valence-corrected chi connectivity index (χ1v) is 8.08. The Labute approximate surface area is 145 Å². The molecule has 0 aliphatic carbocycles. The van der Waals surface area contributed by atoms with Gasteiger partial charge in [-0.2, -0.15) is 0 Å². The molecule has 0 aromatic heterocycles. The van der Waals surface area contributed by atoms with Gasteiger partial charge in [0.2, 0.25) is 5.91 Å². The summed E-state index contributed by atoms with van der Waals surface area (Å²) in [6.45, 7) is 0.660. The number of rotatable bonds is 5. The quantitative estimate of drug-likeness (QED) is 0.903. The van der Waals surface area contributed by atoms with E-state index in [1.54, 1.807) is 41.3 Å². The molecule has 1 saturated heterocycles. The lowest BCUT2D eigenvalue weighted by molar-refractivity contribution is -0.118. The number of hydrogen-bond donors (Lipinski definition) is 1. The van der Waals surface area contributed by atoms with Crippen molar-refractivity contribution < 1.29 is 14.3 Å². The third-order valence-corrected chi connectivity index (χ3v) is 3.97. The molecule has 1 N–H and O–H groups in total. The van der Waals surface area contributed by atoms with Crippen LogP contribution >= 0.6 is 11.6 Å². The van der Waals surface area contributed by atoms with Crippen LogP contribution in [0, 0.1) is 0 Å². The number of carbonyl (C=O) groups excluding carboxylic acids is 2. The lowest BCUT2D eigenvalue weighted by atomic mass is 10.3. The van der Waals surface area contributed by atoms with Crippen LogP contribution in [0.25, 0.3) is 0 Å². The Morgan fingerprint density at radius 2 is 1.83 bits per heavy atom. The predicted molar refractivity (Wildman–Crippen MR) is 93.6 cm³/mol. The van der Waals surface area contributed by atoms with Gasteiger partial charge in [0.25, 0.3) is 5.91 Å². The van der Waals surface area contributed by atoms with Crippen LogP contribution in [-0.2, 0) is 9.59 Å². The highest BCUT2D eigenvalue weighted by atomic mass is 35.5. The molecule has 2 amide bonds. The molecule has 0 atom stereocenters. The predicted octanol–water partition coefficient (Wildman–Crippen LogP) is 3.48. The zero-order valence-electron chi connectivity index (χ0n) is 13.0. The maximum absolute atomic E-state index is 11.9. The maximum atomic E-state index is 11.9. The summed E-state index contributed by atoms with van der Waals surface area (Å²) < 4.78 is 5.47. The van der Waals surface area contributed by atoms with E-state index >= 15 is 0 Å². The fraction of sp³-hybridized carbons (Fsp3) is 0.222. The minimum Gasteiger partial charge on any atom is -0.484 e. The number of benzene rings is 2. The second-order valence-corrected chi connectivity index (χ2v) is 5.92. The number of anilines is 2. The SMILES string of the molecule is O=C(COc1ccc(N2CCCC2=O)cc1)Nc1ccc(Cl)cc1. The standard InChI is InChI=1S/C18H17ClN2O3/c19-13-3-5-14(6-4-13)20-17(22)12-24-16-9-7-15(8-10-16)21-11-1-2-18(21)23/h3-10H,1-2,11-12H2,(H,20,22). The average molecular weight is 345 g/mol. The van der Waals surface area contributed by atoms with Gasteiger partial charge in [-0.3, -0.25) is 9.59 Å². The van der Waals surface area contributed by atoms with Gasteiger partial charge in [0.1, 0.15) is 5.75 Å². The highest BCUT2D eigenvalue weighted by Gasteiger charge is 2.21. The van der Waals surface area contributed by atoms with Crippen molar-refractivity contribution in [3.8, 4) is 5.75 Å². The first kappa shape index (κ1) is 16.3. The number of carbonyl (C=O) groups is 2. The topological polar surface area (TPSA) is 58.6 Å². The number of hydrogen-bond acceptors (Lipinski definition) is 3. The van der Waals surface area contributed by atoms with E-state index in [0.29, 0.717) is 22.9 Å². The van der Waals surface area contributed by atoms with E-state index in [1.165, 1.54) is 0 Å². The van der Waals surface area contributed by atoms with Crippen LogP contribution in [0.3, 0.4) is 0 Å². The van der Waals surface area contributed by atoms with Gasteiger partial charge in [0, 0.05) is 29.4 Å². The molecule has 2 aromatic carbocycles.